The predicted molar refractivity (Wildman–Crippen MR) is 87.7 cm³/mol. The van der Waals surface area contributed by atoms with Gasteiger partial charge >= 0.3 is 0 Å². The van der Waals surface area contributed by atoms with Gasteiger partial charge in [-0.1, -0.05) is 25.4 Å². The van der Waals surface area contributed by atoms with Crippen LogP contribution in [0.2, 0.25) is 5.02 Å². The van der Waals surface area contributed by atoms with Gasteiger partial charge in [0.15, 0.2) is 0 Å². The second kappa shape index (κ2) is 8.45. The smallest absolute Gasteiger partial charge is 0.147 e. The molecule has 1 aromatic rings. The van der Waals surface area contributed by atoms with E-state index in [0.717, 1.165) is 42.5 Å². The number of anilines is 1. The molecular weight excluding hydrogens is 272 g/mol. The molecule has 0 bridgehead atoms. The lowest BCUT2D eigenvalue weighted by molar-refractivity contribution is 0.401. The van der Waals surface area contributed by atoms with Crippen molar-refractivity contribution in [2.24, 2.45) is 0 Å². The molecule has 1 N–H and O–H groups in total. The molecule has 0 radical (unpaired) electrons. The highest BCUT2D eigenvalue weighted by Gasteiger charge is 2.09. The molecule has 1 heterocycles. The van der Waals surface area contributed by atoms with Gasteiger partial charge in [-0.15, -0.1) is 0 Å². The van der Waals surface area contributed by atoms with Gasteiger partial charge in [-0.2, -0.15) is 0 Å². The van der Waals surface area contributed by atoms with Gasteiger partial charge in [0.2, 0.25) is 0 Å². The van der Waals surface area contributed by atoms with Crippen LogP contribution in [0, 0.1) is 0 Å². The highest BCUT2D eigenvalue weighted by atomic mass is 35.5. The van der Waals surface area contributed by atoms with Crippen LogP contribution in [0.25, 0.3) is 0 Å². The number of rotatable bonds is 8. The van der Waals surface area contributed by atoms with Crippen LogP contribution in [-0.2, 0) is 6.54 Å². The zero-order valence-corrected chi connectivity index (χ0v) is 14.0. The molecular formula is C15H27ClN4. The second-order valence-corrected chi connectivity index (χ2v) is 6.17. The molecule has 1 rings (SSSR count). The van der Waals surface area contributed by atoms with Gasteiger partial charge in [-0.05, 0) is 38.7 Å². The average Bonchev–Trinajstić information content (AvgIpc) is 2.35. The van der Waals surface area contributed by atoms with Crippen LogP contribution >= 0.6 is 11.6 Å². The van der Waals surface area contributed by atoms with E-state index in [9.17, 15) is 0 Å². The van der Waals surface area contributed by atoms with Crippen molar-refractivity contribution < 1.29 is 0 Å². The van der Waals surface area contributed by atoms with Crippen molar-refractivity contribution in [3.63, 3.8) is 0 Å². The molecule has 0 aliphatic carbocycles. The molecule has 0 unspecified atom stereocenters. The topological polar surface area (TPSA) is 31.4 Å². The Kier molecular flexibility index (Phi) is 7.27. The normalized spacial score (nSPS) is 11.4. The van der Waals surface area contributed by atoms with Gasteiger partial charge in [0.1, 0.15) is 5.82 Å². The summed E-state index contributed by atoms with van der Waals surface area (Å²) in [6, 6.07) is 2.46. The maximum absolute atomic E-state index is 6.34. The lowest BCUT2D eigenvalue weighted by atomic mass is 10.2. The van der Waals surface area contributed by atoms with Crippen LogP contribution < -0.4 is 10.2 Å². The maximum Gasteiger partial charge on any atom is 0.147 e. The largest absolute Gasteiger partial charge is 0.358 e. The number of halogens is 1. The van der Waals surface area contributed by atoms with Crippen molar-refractivity contribution in [3.05, 3.63) is 22.8 Å². The summed E-state index contributed by atoms with van der Waals surface area (Å²) in [5.74, 6) is 0.860. The van der Waals surface area contributed by atoms with Crippen molar-refractivity contribution >= 4 is 17.4 Å². The molecule has 0 aliphatic heterocycles. The molecule has 0 fully saturated rings. The van der Waals surface area contributed by atoms with E-state index in [4.69, 9.17) is 11.6 Å². The summed E-state index contributed by atoms with van der Waals surface area (Å²) in [5, 5.41) is 4.09. The summed E-state index contributed by atoms with van der Waals surface area (Å²) >= 11 is 6.34. The fourth-order valence-electron chi connectivity index (χ4n) is 1.90. The lowest BCUT2D eigenvalue weighted by Crippen LogP contribution is -2.25. The minimum absolute atomic E-state index is 0.460. The van der Waals surface area contributed by atoms with E-state index in [1.54, 1.807) is 0 Å². The minimum Gasteiger partial charge on any atom is -0.358 e. The first kappa shape index (κ1) is 17.2. The number of nitrogens with one attached hydrogen (secondary N) is 1. The SMILES string of the molecule is CC(C)NCc1cnc(N(C)CCCN(C)C)c(Cl)c1. The molecule has 114 valence electrons. The highest BCUT2D eigenvalue weighted by molar-refractivity contribution is 6.33. The van der Waals surface area contributed by atoms with Crippen LogP contribution in [0.3, 0.4) is 0 Å². The van der Waals surface area contributed by atoms with Crippen LogP contribution in [0.5, 0.6) is 0 Å². The fraction of sp³-hybridized carbons (Fsp3) is 0.667. The third-order valence-electron chi connectivity index (χ3n) is 3.05. The molecule has 0 spiro atoms. The zero-order chi connectivity index (χ0) is 15.1. The predicted octanol–water partition coefficient (Wildman–Crippen LogP) is 2.62. The van der Waals surface area contributed by atoms with Gasteiger partial charge < -0.3 is 15.1 Å². The van der Waals surface area contributed by atoms with Gasteiger partial charge in [0, 0.05) is 32.4 Å². The Balaban J connectivity index is 2.58. The van der Waals surface area contributed by atoms with E-state index in [-0.39, 0.29) is 0 Å². The molecule has 0 aromatic carbocycles. The molecule has 0 saturated carbocycles. The molecule has 0 atom stereocenters. The first-order valence-corrected chi connectivity index (χ1v) is 7.51. The molecule has 5 heteroatoms. The number of hydrogen-bond donors (Lipinski definition) is 1. The average molecular weight is 299 g/mol. The van der Waals surface area contributed by atoms with Crippen LogP contribution in [0.15, 0.2) is 12.3 Å². The quantitative estimate of drug-likeness (QED) is 0.799. The van der Waals surface area contributed by atoms with E-state index < -0.39 is 0 Å². The highest BCUT2D eigenvalue weighted by Crippen LogP contribution is 2.23. The van der Waals surface area contributed by atoms with Crippen molar-refractivity contribution in [1.29, 1.82) is 0 Å². The van der Waals surface area contributed by atoms with Crippen molar-refractivity contribution in [2.45, 2.75) is 32.9 Å². The van der Waals surface area contributed by atoms with E-state index in [1.807, 2.05) is 19.3 Å². The first-order chi connectivity index (χ1) is 9.40. The molecule has 20 heavy (non-hydrogen) atoms. The molecule has 0 aliphatic rings. The van der Waals surface area contributed by atoms with Gasteiger partial charge in [-0.25, -0.2) is 4.98 Å². The third-order valence-corrected chi connectivity index (χ3v) is 3.33. The Labute approximate surface area is 128 Å². The molecule has 0 saturated heterocycles. The first-order valence-electron chi connectivity index (χ1n) is 7.13. The van der Waals surface area contributed by atoms with E-state index >= 15 is 0 Å². The zero-order valence-electron chi connectivity index (χ0n) is 13.3. The van der Waals surface area contributed by atoms with Crippen molar-refractivity contribution in [3.8, 4) is 0 Å². The third kappa shape index (κ3) is 6.07. The Morgan fingerprint density at radius 2 is 1.95 bits per heavy atom. The summed E-state index contributed by atoms with van der Waals surface area (Å²) in [4.78, 5) is 8.79. The monoisotopic (exact) mass is 298 g/mol. The number of hydrogen-bond acceptors (Lipinski definition) is 4. The Bertz CT molecular complexity index is 407. The van der Waals surface area contributed by atoms with Crippen LogP contribution in [-0.4, -0.2) is 50.2 Å². The van der Waals surface area contributed by atoms with Crippen LogP contribution in [0.1, 0.15) is 25.8 Å². The van der Waals surface area contributed by atoms with Gasteiger partial charge in [0.05, 0.1) is 5.02 Å². The Hall–Kier alpha value is -0.840. The van der Waals surface area contributed by atoms with Crippen molar-refractivity contribution in [1.82, 2.24) is 15.2 Å². The van der Waals surface area contributed by atoms with E-state index in [0.29, 0.717) is 6.04 Å². The maximum atomic E-state index is 6.34. The summed E-state index contributed by atoms with van der Waals surface area (Å²) < 4.78 is 0. The standard InChI is InChI=1S/C15H27ClN4/c1-12(2)17-10-13-9-14(16)15(18-11-13)20(5)8-6-7-19(3)4/h9,11-12,17H,6-8,10H2,1-5H3. The van der Waals surface area contributed by atoms with Gasteiger partial charge in [0.25, 0.3) is 0 Å². The summed E-state index contributed by atoms with van der Waals surface area (Å²) in [5.41, 5.74) is 1.12. The summed E-state index contributed by atoms with van der Waals surface area (Å²) in [7, 11) is 6.21. The minimum atomic E-state index is 0.460. The fourth-order valence-corrected chi connectivity index (χ4v) is 2.23. The number of pyridine rings is 1. The summed E-state index contributed by atoms with van der Waals surface area (Å²) in [6.07, 6.45) is 3.00. The lowest BCUT2D eigenvalue weighted by Gasteiger charge is -2.21. The number of nitrogens with zero attached hydrogens (tertiary/aromatic N) is 3. The van der Waals surface area contributed by atoms with E-state index in [1.165, 1.54) is 0 Å². The molecule has 1 aromatic heterocycles. The molecule has 4 nitrogen and oxygen atoms in total. The number of aromatic nitrogens is 1. The van der Waals surface area contributed by atoms with Crippen molar-refractivity contribution in [2.75, 3.05) is 39.1 Å². The van der Waals surface area contributed by atoms with E-state index in [2.05, 4.69) is 48.0 Å². The molecule has 0 amide bonds. The van der Waals surface area contributed by atoms with Crippen LogP contribution in [0.4, 0.5) is 5.82 Å². The van der Waals surface area contributed by atoms with Gasteiger partial charge in [-0.3, -0.25) is 0 Å². The Morgan fingerprint density at radius 1 is 1.25 bits per heavy atom. The summed E-state index contributed by atoms with van der Waals surface area (Å²) in [6.45, 7) is 7.08. The second-order valence-electron chi connectivity index (χ2n) is 5.76. The Morgan fingerprint density at radius 3 is 2.50 bits per heavy atom.